The van der Waals surface area contributed by atoms with Gasteiger partial charge in [0.2, 0.25) is 5.92 Å². The van der Waals surface area contributed by atoms with E-state index in [1.54, 1.807) is 12.1 Å². The summed E-state index contributed by atoms with van der Waals surface area (Å²) in [4.78, 5) is 17.2. The number of carboxylic acids is 1. The SMILES string of the molecule is Cc1cc(C2CC2)c(CN2CCC3(C[C@H]2c2ccc(C(=O)O)cc2)CC(F)(F)C3)c2cc[nH]c12. The molecule has 1 saturated heterocycles. The van der Waals surface area contributed by atoms with Crippen molar-refractivity contribution in [2.24, 2.45) is 5.41 Å². The van der Waals surface area contributed by atoms with E-state index >= 15 is 0 Å². The van der Waals surface area contributed by atoms with E-state index in [2.05, 4.69) is 28.9 Å². The number of hydrogen-bond donors (Lipinski definition) is 2. The number of halogens is 2. The van der Waals surface area contributed by atoms with Gasteiger partial charge in [0.25, 0.3) is 0 Å². The quantitative estimate of drug-likeness (QED) is 0.436. The number of carbonyl (C=O) groups is 1. The van der Waals surface area contributed by atoms with Crippen LogP contribution in [0.4, 0.5) is 8.78 Å². The lowest BCUT2D eigenvalue weighted by molar-refractivity contribution is -0.186. The summed E-state index contributed by atoms with van der Waals surface area (Å²) in [7, 11) is 0. The van der Waals surface area contributed by atoms with Crippen molar-refractivity contribution in [2.75, 3.05) is 6.54 Å². The minimum atomic E-state index is -2.55. The number of aromatic carboxylic acids is 1. The van der Waals surface area contributed by atoms with Gasteiger partial charge in [-0.15, -0.1) is 0 Å². The maximum atomic E-state index is 13.9. The summed E-state index contributed by atoms with van der Waals surface area (Å²) >= 11 is 0. The highest BCUT2D eigenvalue weighted by molar-refractivity contribution is 5.88. The number of nitrogens with zero attached hydrogens (tertiary/aromatic N) is 1. The second-order valence-electron chi connectivity index (χ2n) is 10.9. The van der Waals surface area contributed by atoms with E-state index in [1.807, 2.05) is 18.3 Å². The maximum Gasteiger partial charge on any atom is 0.335 e. The van der Waals surface area contributed by atoms with Crippen LogP contribution in [0, 0.1) is 12.3 Å². The highest BCUT2D eigenvalue weighted by atomic mass is 19.3. The van der Waals surface area contributed by atoms with Crippen molar-refractivity contribution in [3.8, 4) is 0 Å². The standard InChI is InChI=1S/C28H30F2N2O2/c1-17-12-22(18-2-3-18)23(21-8-10-31-25(17)21)14-32-11-9-27(15-28(29,30)16-27)13-24(32)19-4-6-20(7-5-19)26(33)34/h4-8,10,12,18,24,31H,2-3,9,11,13-16H2,1H3,(H,33,34)/t24-/m0/s1. The van der Waals surface area contributed by atoms with Gasteiger partial charge in [-0.2, -0.15) is 0 Å². The summed E-state index contributed by atoms with van der Waals surface area (Å²) in [5.74, 6) is -2.89. The third kappa shape index (κ3) is 3.72. The number of rotatable bonds is 5. The van der Waals surface area contributed by atoms with Crippen LogP contribution in [-0.4, -0.2) is 33.4 Å². The molecule has 2 aliphatic carbocycles. The van der Waals surface area contributed by atoms with Gasteiger partial charge in [-0.05, 0) is 90.9 Å². The van der Waals surface area contributed by atoms with Crippen LogP contribution in [0.2, 0.25) is 0 Å². The number of hydrogen-bond acceptors (Lipinski definition) is 2. The zero-order valence-electron chi connectivity index (χ0n) is 19.4. The van der Waals surface area contributed by atoms with Crippen LogP contribution in [0.15, 0.2) is 42.6 Å². The highest BCUT2D eigenvalue weighted by Crippen LogP contribution is 2.60. The van der Waals surface area contributed by atoms with Gasteiger partial charge >= 0.3 is 5.97 Å². The molecule has 1 spiro atoms. The molecule has 178 valence electrons. The summed E-state index contributed by atoms with van der Waals surface area (Å²) in [6, 6.07) is 11.5. The number of fused-ring (bicyclic) bond motifs is 1. The van der Waals surface area contributed by atoms with Crippen molar-refractivity contribution in [3.63, 3.8) is 0 Å². The van der Waals surface area contributed by atoms with Crippen LogP contribution in [0.1, 0.15) is 83.1 Å². The fourth-order valence-corrected chi connectivity index (χ4v) is 6.54. The van der Waals surface area contributed by atoms with Crippen molar-refractivity contribution in [1.29, 1.82) is 0 Å². The Morgan fingerprint density at radius 2 is 1.91 bits per heavy atom. The molecular formula is C28H30F2N2O2. The molecule has 6 heteroatoms. The van der Waals surface area contributed by atoms with Gasteiger partial charge in [-0.1, -0.05) is 18.2 Å². The van der Waals surface area contributed by atoms with Crippen LogP contribution in [0.25, 0.3) is 10.9 Å². The highest BCUT2D eigenvalue weighted by Gasteiger charge is 2.58. The van der Waals surface area contributed by atoms with Gasteiger partial charge < -0.3 is 10.1 Å². The summed E-state index contributed by atoms with van der Waals surface area (Å²) < 4.78 is 27.9. The molecule has 0 bridgehead atoms. The van der Waals surface area contributed by atoms with Crippen LogP contribution in [0.5, 0.6) is 0 Å². The molecule has 3 fully saturated rings. The smallest absolute Gasteiger partial charge is 0.335 e. The first-order valence-electron chi connectivity index (χ1n) is 12.3. The summed E-state index contributed by atoms with van der Waals surface area (Å²) in [5, 5.41) is 10.6. The molecule has 0 amide bonds. The molecule has 1 aliphatic heterocycles. The van der Waals surface area contributed by atoms with Gasteiger partial charge in [-0.3, -0.25) is 4.90 Å². The fourth-order valence-electron chi connectivity index (χ4n) is 6.54. The Bertz CT molecular complexity index is 1250. The molecule has 0 radical (unpaired) electrons. The lowest BCUT2D eigenvalue weighted by Crippen LogP contribution is -2.53. The number of aromatic amines is 1. The van der Waals surface area contributed by atoms with Crippen molar-refractivity contribution in [3.05, 3.63) is 70.4 Å². The number of piperidine rings is 1. The molecule has 34 heavy (non-hydrogen) atoms. The number of nitrogens with one attached hydrogen (secondary N) is 1. The van der Waals surface area contributed by atoms with Gasteiger partial charge in [0, 0.05) is 42.5 Å². The third-order valence-electron chi connectivity index (χ3n) is 8.37. The second-order valence-corrected chi connectivity index (χ2v) is 10.9. The third-order valence-corrected chi connectivity index (χ3v) is 8.37. The Hall–Kier alpha value is -2.73. The average Bonchev–Trinajstić information content (AvgIpc) is 3.50. The first kappa shape index (κ1) is 21.8. The lowest BCUT2D eigenvalue weighted by atomic mass is 9.59. The van der Waals surface area contributed by atoms with Gasteiger partial charge in [0.1, 0.15) is 0 Å². The Morgan fingerprint density at radius 1 is 1.18 bits per heavy atom. The Balaban J connectivity index is 1.37. The lowest BCUT2D eigenvalue weighted by Gasteiger charge is -2.54. The summed E-state index contributed by atoms with van der Waals surface area (Å²) in [5.41, 5.74) is 6.18. The first-order valence-corrected chi connectivity index (χ1v) is 12.3. The molecular weight excluding hydrogens is 434 g/mol. The van der Waals surface area contributed by atoms with Crippen molar-refractivity contribution >= 4 is 16.9 Å². The Labute approximate surface area is 198 Å². The molecule has 0 unspecified atom stereocenters. The molecule has 2 N–H and O–H groups in total. The van der Waals surface area contributed by atoms with E-state index in [0.717, 1.165) is 25.1 Å². The number of carboxylic acid groups (broad SMARTS) is 1. The minimum absolute atomic E-state index is 0.00459. The largest absolute Gasteiger partial charge is 0.478 e. The molecule has 4 nitrogen and oxygen atoms in total. The zero-order valence-corrected chi connectivity index (χ0v) is 19.4. The molecule has 6 rings (SSSR count). The number of benzene rings is 2. The predicted octanol–water partition coefficient (Wildman–Crippen LogP) is 6.80. The average molecular weight is 465 g/mol. The molecule has 2 heterocycles. The second kappa shape index (κ2) is 7.64. The fraction of sp³-hybridized carbons (Fsp3) is 0.464. The zero-order chi connectivity index (χ0) is 23.7. The molecule has 3 aliphatic rings. The van der Waals surface area contributed by atoms with E-state index in [1.165, 1.54) is 40.4 Å². The van der Waals surface area contributed by atoms with Crippen LogP contribution >= 0.6 is 0 Å². The minimum Gasteiger partial charge on any atom is -0.478 e. The number of H-pyrrole nitrogens is 1. The number of likely N-dealkylation sites (tertiary alicyclic amines) is 1. The van der Waals surface area contributed by atoms with Crippen LogP contribution in [-0.2, 0) is 6.54 Å². The van der Waals surface area contributed by atoms with E-state index < -0.39 is 11.9 Å². The van der Waals surface area contributed by atoms with Crippen molar-refractivity contribution < 1.29 is 18.7 Å². The van der Waals surface area contributed by atoms with E-state index in [4.69, 9.17) is 0 Å². The molecule has 3 aromatic rings. The molecule has 2 aromatic carbocycles. The Morgan fingerprint density at radius 3 is 2.56 bits per heavy atom. The number of alkyl halides is 2. The normalized spacial score (nSPS) is 23.8. The first-order chi connectivity index (χ1) is 16.2. The molecule has 2 saturated carbocycles. The Kier molecular flexibility index (Phi) is 4.89. The predicted molar refractivity (Wildman–Crippen MR) is 127 cm³/mol. The van der Waals surface area contributed by atoms with E-state index in [-0.39, 0.29) is 29.9 Å². The van der Waals surface area contributed by atoms with Crippen LogP contribution < -0.4 is 0 Å². The van der Waals surface area contributed by atoms with Crippen molar-refractivity contribution in [2.45, 2.75) is 69.9 Å². The number of aryl methyl sites for hydroxylation is 1. The van der Waals surface area contributed by atoms with Gasteiger partial charge in [0.05, 0.1) is 5.56 Å². The van der Waals surface area contributed by atoms with Crippen molar-refractivity contribution in [1.82, 2.24) is 9.88 Å². The summed E-state index contributed by atoms with van der Waals surface area (Å²) in [6.45, 7) is 3.70. The van der Waals surface area contributed by atoms with Gasteiger partial charge in [-0.25, -0.2) is 13.6 Å². The topological polar surface area (TPSA) is 56.3 Å². The van der Waals surface area contributed by atoms with Gasteiger partial charge in [0.15, 0.2) is 0 Å². The van der Waals surface area contributed by atoms with E-state index in [9.17, 15) is 18.7 Å². The monoisotopic (exact) mass is 464 g/mol. The van der Waals surface area contributed by atoms with Crippen LogP contribution in [0.3, 0.4) is 0 Å². The van der Waals surface area contributed by atoms with E-state index in [0.29, 0.717) is 12.3 Å². The number of aromatic nitrogens is 1. The molecule has 1 aromatic heterocycles. The summed E-state index contributed by atoms with van der Waals surface area (Å²) in [6.07, 6.45) is 5.86. The maximum absolute atomic E-state index is 13.9. The molecule has 1 atom stereocenters.